The van der Waals surface area contributed by atoms with Gasteiger partial charge in [0.1, 0.15) is 4.90 Å². The molecule has 1 aromatic rings. The van der Waals surface area contributed by atoms with Gasteiger partial charge in [-0.15, -0.1) is 0 Å². The molecular weight excluding hydrogens is 301 g/mol. The van der Waals surface area contributed by atoms with Crippen molar-refractivity contribution in [2.24, 2.45) is 0 Å². The smallest absolute Gasteiger partial charge is 0.416 e. The Kier molecular flexibility index (Phi) is 3.38. The fourth-order valence-electron chi connectivity index (χ4n) is 1.68. The minimum absolute atomic E-state index is 0.311. The Morgan fingerprint density at radius 3 is 2.55 bits per heavy atom. The lowest BCUT2D eigenvalue weighted by Crippen LogP contribution is -2.50. The monoisotopic (exact) mass is 310 g/mol. The third kappa shape index (κ3) is 2.56. The van der Waals surface area contributed by atoms with Gasteiger partial charge in [0.05, 0.1) is 18.4 Å². The van der Waals surface area contributed by atoms with Crippen LogP contribution in [0.5, 0.6) is 0 Å². The summed E-state index contributed by atoms with van der Waals surface area (Å²) in [5.41, 5.74) is -1.33. The molecule has 10 heteroatoms. The number of halogens is 3. The zero-order valence-electron chi connectivity index (χ0n) is 9.98. The number of fused-ring (bicyclic) bond motifs is 1. The van der Waals surface area contributed by atoms with Gasteiger partial charge in [-0.3, -0.25) is 0 Å². The van der Waals surface area contributed by atoms with Gasteiger partial charge in [-0.25, -0.2) is 13.2 Å². The molecule has 20 heavy (non-hydrogen) atoms. The number of carbonyl (C=O) groups excluding carboxylic acids is 1. The topological polar surface area (TPSA) is 84.5 Å². The Labute approximate surface area is 112 Å². The van der Waals surface area contributed by atoms with Crippen LogP contribution in [0.1, 0.15) is 5.56 Å². The van der Waals surface area contributed by atoms with Gasteiger partial charge in [0.15, 0.2) is 6.17 Å². The molecule has 0 saturated heterocycles. The van der Waals surface area contributed by atoms with E-state index in [0.717, 1.165) is 13.2 Å². The molecule has 0 aliphatic carbocycles. The van der Waals surface area contributed by atoms with Gasteiger partial charge in [0, 0.05) is 0 Å². The highest BCUT2D eigenvalue weighted by Gasteiger charge is 2.37. The second-order valence-corrected chi connectivity index (χ2v) is 5.61. The van der Waals surface area contributed by atoms with Crippen molar-refractivity contribution in [3.8, 4) is 0 Å². The molecule has 1 heterocycles. The number of carbonyl (C=O) groups is 1. The van der Waals surface area contributed by atoms with Crippen LogP contribution in [0.25, 0.3) is 0 Å². The zero-order valence-corrected chi connectivity index (χ0v) is 10.8. The summed E-state index contributed by atoms with van der Waals surface area (Å²) >= 11 is 0. The number of rotatable bonds is 1. The Morgan fingerprint density at radius 2 is 2.00 bits per heavy atom. The molecule has 6 nitrogen and oxygen atoms in total. The lowest BCUT2D eigenvalue weighted by atomic mass is 10.2. The quantitative estimate of drug-likeness (QED) is 0.753. The van der Waals surface area contributed by atoms with E-state index >= 15 is 0 Å². The first-order chi connectivity index (χ1) is 9.15. The Morgan fingerprint density at radius 1 is 1.35 bits per heavy atom. The molecule has 110 valence electrons. The van der Waals surface area contributed by atoms with E-state index < -0.39 is 33.9 Å². The number of nitrogens with one attached hydrogen (secondary N) is 2. The van der Waals surface area contributed by atoms with E-state index in [0.29, 0.717) is 12.1 Å². The summed E-state index contributed by atoms with van der Waals surface area (Å²) in [4.78, 5) is 10.9. The first kappa shape index (κ1) is 14.6. The molecule has 0 bridgehead atoms. The van der Waals surface area contributed by atoms with Crippen LogP contribution in [0, 0.1) is 0 Å². The molecule has 0 unspecified atom stereocenters. The summed E-state index contributed by atoms with van der Waals surface area (Å²) in [5, 5.41) is 2.35. The molecule has 1 aromatic carbocycles. The third-order valence-corrected chi connectivity index (χ3v) is 4.09. The van der Waals surface area contributed by atoms with Crippen molar-refractivity contribution in [3.05, 3.63) is 23.8 Å². The second kappa shape index (κ2) is 4.63. The predicted molar refractivity (Wildman–Crippen MR) is 61.2 cm³/mol. The molecule has 0 radical (unpaired) electrons. The van der Waals surface area contributed by atoms with Crippen LogP contribution < -0.4 is 10.0 Å². The number of anilines is 1. The van der Waals surface area contributed by atoms with Gasteiger partial charge >= 0.3 is 12.1 Å². The molecule has 1 aliphatic rings. The van der Waals surface area contributed by atoms with E-state index in [2.05, 4.69) is 10.1 Å². The lowest BCUT2D eigenvalue weighted by Gasteiger charge is -2.26. The molecule has 0 saturated carbocycles. The van der Waals surface area contributed by atoms with Crippen molar-refractivity contribution in [2.75, 3.05) is 12.4 Å². The largest absolute Gasteiger partial charge is 0.466 e. The van der Waals surface area contributed by atoms with Crippen molar-refractivity contribution in [3.63, 3.8) is 0 Å². The van der Waals surface area contributed by atoms with Crippen LogP contribution in [0.15, 0.2) is 23.1 Å². The highest BCUT2D eigenvalue weighted by molar-refractivity contribution is 7.89. The van der Waals surface area contributed by atoms with Crippen molar-refractivity contribution in [1.82, 2.24) is 4.72 Å². The number of ether oxygens (including phenoxy) is 1. The van der Waals surface area contributed by atoms with E-state index in [1.54, 1.807) is 0 Å². The number of hydrogen-bond donors (Lipinski definition) is 2. The van der Waals surface area contributed by atoms with E-state index in [1.165, 1.54) is 0 Å². The van der Waals surface area contributed by atoms with Gasteiger partial charge in [-0.05, 0) is 18.2 Å². The molecular formula is C10H9F3N2O4S. The normalized spacial score (nSPS) is 20.7. The summed E-state index contributed by atoms with van der Waals surface area (Å²) < 4.78 is 67.7. The second-order valence-electron chi connectivity index (χ2n) is 3.93. The first-order valence-corrected chi connectivity index (χ1v) is 6.71. The van der Waals surface area contributed by atoms with E-state index in [-0.39, 0.29) is 10.6 Å². The predicted octanol–water partition coefficient (Wildman–Crippen LogP) is 0.908. The van der Waals surface area contributed by atoms with Gasteiger partial charge in [-0.1, -0.05) is 0 Å². The van der Waals surface area contributed by atoms with E-state index in [9.17, 15) is 26.4 Å². The summed E-state index contributed by atoms with van der Waals surface area (Å²) in [7, 11) is -3.06. The van der Waals surface area contributed by atoms with Gasteiger partial charge in [0.25, 0.3) is 0 Å². The summed E-state index contributed by atoms with van der Waals surface area (Å²) in [6.45, 7) is 0. The Hall–Kier alpha value is -1.81. The molecule has 2 N–H and O–H groups in total. The first-order valence-electron chi connectivity index (χ1n) is 5.23. The molecule has 1 aliphatic heterocycles. The standard InChI is InChI=1S/C10H9F3N2O4S/c1-19-9(16)8-14-6-4-5(10(11,12)13)2-3-7(6)20(17,18)15-8/h2-4,8,14-15H,1H3/t8-/m1/s1. The van der Waals surface area contributed by atoms with Crippen LogP contribution in [-0.2, 0) is 25.7 Å². The molecule has 1 atom stereocenters. The van der Waals surface area contributed by atoms with Crippen molar-refractivity contribution >= 4 is 21.7 Å². The van der Waals surface area contributed by atoms with Gasteiger partial charge in [0.2, 0.25) is 10.0 Å². The Balaban J connectivity index is 2.51. The summed E-state index contributed by atoms with van der Waals surface area (Å²) in [6, 6.07) is 2.10. The van der Waals surface area contributed by atoms with Crippen molar-refractivity contribution in [2.45, 2.75) is 17.2 Å². The third-order valence-electron chi connectivity index (χ3n) is 2.61. The summed E-state index contributed by atoms with van der Waals surface area (Å²) in [5.74, 6) is -0.961. The molecule has 0 fully saturated rings. The van der Waals surface area contributed by atoms with Crippen LogP contribution in [-0.4, -0.2) is 27.7 Å². The maximum atomic E-state index is 12.6. The van der Waals surface area contributed by atoms with E-state index in [4.69, 9.17) is 0 Å². The number of sulfonamides is 1. The maximum Gasteiger partial charge on any atom is 0.416 e. The van der Waals surface area contributed by atoms with Gasteiger partial charge < -0.3 is 10.1 Å². The Bertz CT molecular complexity index is 657. The fraction of sp³-hybridized carbons (Fsp3) is 0.300. The van der Waals surface area contributed by atoms with E-state index in [1.807, 2.05) is 4.72 Å². The number of alkyl halides is 3. The number of hydrogen-bond acceptors (Lipinski definition) is 5. The number of methoxy groups -OCH3 is 1. The van der Waals surface area contributed by atoms with Crippen LogP contribution in [0.3, 0.4) is 0 Å². The van der Waals surface area contributed by atoms with Crippen LogP contribution in [0.4, 0.5) is 18.9 Å². The number of esters is 1. The SMILES string of the molecule is COC(=O)[C@@H]1Nc2cc(C(F)(F)F)ccc2S(=O)(=O)N1. The minimum Gasteiger partial charge on any atom is -0.466 e. The molecule has 2 rings (SSSR count). The van der Waals surface area contributed by atoms with Crippen molar-refractivity contribution in [1.29, 1.82) is 0 Å². The molecule has 0 spiro atoms. The highest BCUT2D eigenvalue weighted by atomic mass is 32.2. The lowest BCUT2D eigenvalue weighted by molar-refractivity contribution is -0.141. The van der Waals surface area contributed by atoms with Crippen LogP contribution >= 0.6 is 0 Å². The maximum absolute atomic E-state index is 12.6. The minimum atomic E-state index is -4.62. The summed E-state index contributed by atoms with van der Waals surface area (Å²) in [6.07, 6.45) is -6.09. The molecule has 0 aromatic heterocycles. The number of benzene rings is 1. The van der Waals surface area contributed by atoms with Gasteiger partial charge in [-0.2, -0.15) is 17.9 Å². The molecule has 0 amide bonds. The average Bonchev–Trinajstić information content (AvgIpc) is 2.35. The highest BCUT2D eigenvalue weighted by Crippen LogP contribution is 2.35. The average molecular weight is 310 g/mol. The van der Waals surface area contributed by atoms with Crippen molar-refractivity contribution < 1.29 is 31.1 Å². The van der Waals surface area contributed by atoms with Crippen LogP contribution in [0.2, 0.25) is 0 Å². The zero-order chi connectivity index (χ0) is 15.1. The fourth-order valence-corrected chi connectivity index (χ4v) is 2.93.